The Balaban J connectivity index is 3.02. The van der Waals surface area contributed by atoms with E-state index in [0.29, 0.717) is 5.19 Å². The van der Waals surface area contributed by atoms with Crippen LogP contribution in [0.5, 0.6) is 5.19 Å². The Morgan fingerprint density at radius 1 is 1.14 bits per heavy atom. The number of thiazole rings is 1. The summed E-state index contributed by atoms with van der Waals surface area (Å²) in [5.74, 6) is 0. The molecule has 1 rings (SSSR count). The van der Waals surface area contributed by atoms with Crippen molar-refractivity contribution in [3.05, 3.63) is 6.20 Å². The predicted molar refractivity (Wildman–Crippen MR) is 96.9 cm³/mol. The second kappa shape index (κ2) is 10.5. The third kappa shape index (κ3) is 6.07. The number of nitrogens with zero attached hydrogens (tertiary/aromatic N) is 1. The van der Waals surface area contributed by atoms with Crippen molar-refractivity contribution in [1.82, 2.24) is 4.98 Å². The number of nitrogens with two attached hydrogens (primary N) is 1. The summed E-state index contributed by atoms with van der Waals surface area (Å²) in [5, 5.41) is 0.424. The molecule has 22 heavy (non-hydrogen) atoms. The zero-order chi connectivity index (χ0) is 16.4. The Hall–Kier alpha value is -0.301. The van der Waals surface area contributed by atoms with E-state index in [4.69, 9.17) is 10.5 Å². The van der Waals surface area contributed by atoms with E-state index >= 15 is 0 Å². The van der Waals surface area contributed by atoms with Gasteiger partial charge in [0.2, 0.25) is 0 Å². The van der Waals surface area contributed by atoms with Gasteiger partial charge in [0.05, 0.1) is 0 Å². The van der Waals surface area contributed by atoms with Gasteiger partial charge >= 0.3 is 143 Å². The first-order valence-electron chi connectivity index (χ1n) is 8.51. The second-order valence-electron chi connectivity index (χ2n) is 6.00. The summed E-state index contributed by atoms with van der Waals surface area (Å²) < 4.78 is 10.6. The van der Waals surface area contributed by atoms with Crippen LogP contribution in [0.4, 0.5) is 4.79 Å². The molecule has 0 aromatic carbocycles. The molecule has 0 fully saturated rings. The Morgan fingerprint density at radius 3 is 2.05 bits per heavy atom. The fourth-order valence-corrected chi connectivity index (χ4v) is 22.4. The van der Waals surface area contributed by atoms with Crippen molar-refractivity contribution in [3.8, 4) is 5.19 Å². The van der Waals surface area contributed by atoms with Crippen LogP contribution in [0, 0.1) is 0 Å². The summed E-state index contributed by atoms with van der Waals surface area (Å²) >= 11 is -0.843. The van der Waals surface area contributed by atoms with E-state index in [1.54, 1.807) is 11.3 Å². The monoisotopic (exact) mass is 434 g/mol. The number of rotatable bonds is 11. The van der Waals surface area contributed by atoms with Crippen molar-refractivity contribution in [2.45, 2.75) is 72.6 Å². The van der Waals surface area contributed by atoms with Gasteiger partial charge in [-0.3, -0.25) is 0 Å². The van der Waals surface area contributed by atoms with Gasteiger partial charge < -0.3 is 0 Å². The van der Waals surface area contributed by atoms with Crippen LogP contribution in [0.3, 0.4) is 0 Å². The van der Waals surface area contributed by atoms with Crippen LogP contribution in [0.2, 0.25) is 13.3 Å². The average Bonchev–Trinajstić information content (AvgIpc) is 2.95. The van der Waals surface area contributed by atoms with Crippen LogP contribution in [0.15, 0.2) is 6.20 Å². The number of hydrogen-bond donors (Lipinski definition) is 1. The van der Waals surface area contributed by atoms with Gasteiger partial charge in [-0.05, 0) is 0 Å². The fraction of sp³-hybridized carbons (Fsp3) is 0.750. The van der Waals surface area contributed by atoms with E-state index in [1.807, 2.05) is 6.20 Å². The number of hydrogen-bond acceptors (Lipinski definition) is 4. The van der Waals surface area contributed by atoms with Gasteiger partial charge in [0, 0.05) is 0 Å². The topological polar surface area (TPSA) is 65.2 Å². The molecular weight excluding hydrogens is 403 g/mol. The Labute approximate surface area is 142 Å². The van der Waals surface area contributed by atoms with Crippen LogP contribution in [0.25, 0.3) is 0 Å². The number of primary amides is 1. The summed E-state index contributed by atoms with van der Waals surface area (Å²) in [4.78, 5) is 15.2. The van der Waals surface area contributed by atoms with Crippen molar-refractivity contribution in [2.24, 2.45) is 5.73 Å². The molecule has 0 radical (unpaired) electrons. The van der Waals surface area contributed by atoms with Gasteiger partial charge in [-0.25, -0.2) is 0 Å². The summed E-state index contributed by atoms with van der Waals surface area (Å²) in [6, 6.07) is 0. The van der Waals surface area contributed by atoms with E-state index in [-0.39, 0.29) is 0 Å². The molecule has 0 spiro atoms. The van der Waals surface area contributed by atoms with Gasteiger partial charge in [0.25, 0.3) is 0 Å². The van der Waals surface area contributed by atoms with Crippen molar-refractivity contribution in [2.75, 3.05) is 0 Å². The van der Waals surface area contributed by atoms with Crippen LogP contribution >= 0.6 is 11.3 Å². The molecule has 1 aromatic rings. The van der Waals surface area contributed by atoms with Gasteiger partial charge in [-0.1, -0.05) is 0 Å². The third-order valence-electron chi connectivity index (χ3n) is 4.22. The third-order valence-corrected chi connectivity index (χ3v) is 23.3. The number of unbranched alkanes of at least 4 members (excludes halogenated alkanes) is 3. The Bertz CT molecular complexity index is 429. The molecule has 0 saturated heterocycles. The molecule has 0 atom stereocenters. The molecule has 126 valence electrons. The molecule has 1 heterocycles. The second-order valence-corrected chi connectivity index (χ2v) is 21.2. The van der Waals surface area contributed by atoms with E-state index in [1.165, 1.54) is 54.7 Å². The minimum atomic E-state index is -2.42. The van der Waals surface area contributed by atoms with Gasteiger partial charge in [0.15, 0.2) is 0 Å². The summed E-state index contributed by atoms with van der Waals surface area (Å²) in [5.41, 5.74) is 5.11. The fourth-order valence-electron chi connectivity index (χ4n) is 2.93. The van der Waals surface area contributed by atoms with E-state index in [9.17, 15) is 4.79 Å². The number of amides is 1. The van der Waals surface area contributed by atoms with Crippen LogP contribution in [0.1, 0.15) is 59.3 Å². The Kier molecular flexibility index (Phi) is 9.40. The molecule has 0 bridgehead atoms. The first-order valence-corrected chi connectivity index (χ1v) is 16.8. The summed E-state index contributed by atoms with van der Waals surface area (Å²) in [6.07, 6.45) is 8.91. The van der Waals surface area contributed by atoms with E-state index in [2.05, 4.69) is 25.8 Å². The molecule has 1 aromatic heterocycles. The normalized spacial score (nSPS) is 11.6. The molecule has 1 amide bonds. The van der Waals surface area contributed by atoms with E-state index in [0.717, 1.165) is 0 Å². The standard InChI is InChI=1S/C4H3N2O2S.3C4H9.Sn/c5-3(7)8-4-6-1-2-9-4;3*1-3-4-2;/h1H,(H2,5,7);3*1,3-4H2,2H3;. The first kappa shape index (κ1) is 19.7. The number of carbonyl (C=O) groups excluding carboxylic acids is 1. The summed E-state index contributed by atoms with van der Waals surface area (Å²) in [7, 11) is 0. The predicted octanol–water partition coefficient (Wildman–Crippen LogP) is 4.66. The van der Waals surface area contributed by atoms with Crippen molar-refractivity contribution in [1.29, 1.82) is 0 Å². The Morgan fingerprint density at radius 2 is 1.64 bits per heavy atom. The number of ether oxygens (including phenoxy) is 1. The minimum absolute atomic E-state index is 0.424. The summed E-state index contributed by atoms with van der Waals surface area (Å²) in [6.45, 7) is 6.81. The van der Waals surface area contributed by atoms with Crippen molar-refractivity contribution < 1.29 is 9.53 Å². The number of aromatic nitrogens is 1. The van der Waals surface area contributed by atoms with Crippen molar-refractivity contribution >= 4 is 38.7 Å². The van der Waals surface area contributed by atoms with Crippen LogP contribution < -0.4 is 13.4 Å². The molecule has 0 aliphatic carbocycles. The molecule has 6 heteroatoms. The maximum absolute atomic E-state index is 10.9. The van der Waals surface area contributed by atoms with Crippen LogP contribution in [-0.2, 0) is 0 Å². The SMILES string of the molecule is CCC[CH2][Sn]([CH2]CCC)([CH2]CCC)[c]1cnc(OC(N)=O)s1. The zero-order valence-electron chi connectivity index (χ0n) is 14.2. The molecular formula is C16H30N2O2SSn. The average molecular weight is 433 g/mol. The van der Waals surface area contributed by atoms with Gasteiger partial charge in [-0.15, -0.1) is 0 Å². The quantitative estimate of drug-likeness (QED) is 0.517. The molecule has 0 unspecified atom stereocenters. The van der Waals surface area contributed by atoms with Crippen LogP contribution in [-0.4, -0.2) is 29.5 Å². The molecule has 0 aliphatic heterocycles. The molecule has 4 nitrogen and oxygen atoms in total. The first-order chi connectivity index (χ1) is 10.6. The molecule has 0 aliphatic rings. The number of carbonyl (C=O) groups is 1. The van der Waals surface area contributed by atoms with Gasteiger partial charge in [0.1, 0.15) is 0 Å². The van der Waals surface area contributed by atoms with Crippen molar-refractivity contribution in [3.63, 3.8) is 0 Å². The molecule has 2 N–H and O–H groups in total. The van der Waals surface area contributed by atoms with E-state index < -0.39 is 24.5 Å². The van der Waals surface area contributed by atoms with Gasteiger partial charge in [-0.2, -0.15) is 0 Å². The molecule has 0 saturated carbocycles. The zero-order valence-corrected chi connectivity index (χ0v) is 17.9. The maximum atomic E-state index is 10.9.